The van der Waals surface area contributed by atoms with Gasteiger partial charge >= 0.3 is 0 Å². The lowest BCUT2D eigenvalue weighted by Gasteiger charge is -2.03. The SMILES string of the molecule is CO[C]c1ccc(OC)c(O)c1. The molecule has 0 unspecified atom stereocenters. The molecule has 1 N–H and O–H groups in total. The Kier molecular flexibility index (Phi) is 2.94. The first-order valence-electron chi connectivity index (χ1n) is 3.44. The van der Waals surface area contributed by atoms with Crippen LogP contribution in [0.4, 0.5) is 0 Å². The number of phenols is 1. The molecular weight excluding hydrogens is 156 g/mol. The minimum Gasteiger partial charge on any atom is -0.504 e. The van der Waals surface area contributed by atoms with E-state index in [2.05, 4.69) is 11.3 Å². The van der Waals surface area contributed by atoms with Crippen LogP contribution in [0, 0.1) is 6.61 Å². The van der Waals surface area contributed by atoms with Crippen LogP contribution >= 0.6 is 0 Å². The molecule has 0 bridgehead atoms. The van der Waals surface area contributed by atoms with Gasteiger partial charge in [-0.25, -0.2) is 0 Å². The average Bonchev–Trinajstić information content (AvgIpc) is 2.05. The van der Waals surface area contributed by atoms with E-state index in [9.17, 15) is 5.11 Å². The van der Waals surface area contributed by atoms with Crippen molar-refractivity contribution in [3.05, 3.63) is 30.4 Å². The summed E-state index contributed by atoms with van der Waals surface area (Å²) in [5.74, 6) is 0.524. The summed E-state index contributed by atoms with van der Waals surface area (Å²) < 4.78 is 9.51. The minimum absolute atomic E-state index is 0.0829. The van der Waals surface area contributed by atoms with Gasteiger partial charge in [0.1, 0.15) is 0 Å². The summed E-state index contributed by atoms with van der Waals surface area (Å²) in [6.07, 6.45) is 0. The summed E-state index contributed by atoms with van der Waals surface area (Å²) in [6, 6.07) is 4.90. The van der Waals surface area contributed by atoms with Gasteiger partial charge in [-0.05, 0) is 17.7 Å². The van der Waals surface area contributed by atoms with Gasteiger partial charge in [-0.3, -0.25) is 0 Å². The first-order chi connectivity index (χ1) is 5.77. The van der Waals surface area contributed by atoms with Crippen LogP contribution in [-0.4, -0.2) is 19.3 Å². The maximum absolute atomic E-state index is 9.30. The molecule has 0 saturated heterocycles. The van der Waals surface area contributed by atoms with E-state index in [1.165, 1.54) is 20.3 Å². The third-order valence-corrected chi connectivity index (χ3v) is 1.40. The summed E-state index contributed by atoms with van der Waals surface area (Å²) >= 11 is 0. The molecule has 3 nitrogen and oxygen atoms in total. The van der Waals surface area contributed by atoms with Crippen LogP contribution < -0.4 is 4.74 Å². The molecule has 0 atom stereocenters. The zero-order valence-electron chi connectivity index (χ0n) is 7.00. The van der Waals surface area contributed by atoms with Crippen LogP contribution in [0.1, 0.15) is 5.56 Å². The normalized spacial score (nSPS) is 9.83. The summed E-state index contributed by atoms with van der Waals surface area (Å²) in [5, 5.41) is 9.30. The van der Waals surface area contributed by atoms with Gasteiger partial charge in [0.2, 0.25) is 0 Å². The second kappa shape index (κ2) is 3.97. The number of methoxy groups -OCH3 is 2. The lowest BCUT2D eigenvalue weighted by molar-refractivity contribution is 0.292. The van der Waals surface area contributed by atoms with E-state index in [-0.39, 0.29) is 5.75 Å². The summed E-state index contributed by atoms with van der Waals surface area (Å²) in [5.41, 5.74) is 0.677. The highest BCUT2D eigenvalue weighted by Crippen LogP contribution is 2.26. The fourth-order valence-electron chi connectivity index (χ4n) is 0.871. The predicted molar refractivity (Wildman–Crippen MR) is 44.0 cm³/mol. The first-order valence-corrected chi connectivity index (χ1v) is 3.44. The van der Waals surface area contributed by atoms with Crippen LogP contribution in [0.25, 0.3) is 0 Å². The maximum Gasteiger partial charge on any atom is 0.165 e. The largest absolute Gasteiger partial charge is 0.504 e. The molecule has 0 heterocycles. The Morgan fingerprint density at radius 3 is 2.58 bits per heavy atom. The highest BCUT2D eigenvalue weighted by Gasteiger charge is 2.02. The highest BCUT2D eigenvalue weighted by molar-refractivity contribution is 5.43. The van der Waals surface area contributed by atoms with Crippen molar-refractivity contribution in [2.75, 3.05) is 14.2 Å². The van der Waals surface area contributed by atoms with Crippen molar-refractivity contribution >= 4 is 0 Å². The molecule has 0 fully saturated rings. The lowest BCUT2D eigenvalue weighted by Crippen LogP contribution is -1.87. The molecule has 64 valence electrons. The fraction of sp³-hybridized carbons (Fsp3) is 0.222. The number of hydrogen-bond acceptors (Lipinski definition) is 3. The third-order valence-electron chi connectivity index (χ3n) is 1.40. The van der Waals surface area contributed by atoms with Gasteiger partial charge in [-0.1, -0.05) is 6.07 Å². The Labute approximate surface area is 71.5 Å². The second-order valence-electron chi connectivity index (χ2n) is 2.19. The van der Waals surface area contributed by atoms with Gasteiger partial charge in [0.25, 0.3) is 0 Å². The molecule has 0 aliphatic heterocycles. The van der Waals surface area contributed by atoms with Crippen molar-refractivity contribution in [3.63, 3.8) is 0 Å². The highest BCUT2D eigenvalue weighted by atomic mass is 16.5. The Hall–Kier alpha value is -1.22. The Balaban J connectivity index is 2.86. The molecule has 1 aromatic carbocycles. The topological polar surface area (TPSA) is 38.7 Å². The van der Waals surface area contributed by atoms with E-state index in [1.54, 1.807) is 12.1 Å². The van der Waals surface area contributed by atoms with Crippen molar-refractivity contribution in [2.24, 2.45) is 0 Å². The molecule has 0 aliphatic carbocycles. The summed E-state index contributed by atoms with van der Waals surface area (Å²) in [7, 11) is 3.00. The molecule has 0 spiro atoms. The second-order valence-corrected chi connectivity index (χ2v) is 2.19. The number of phenolic OH excluding ortho intramolecular Hbond substituents is 1. The molecule has 0 amide bonds. The van der Waals surface area contributed by atoms with Gasteiger partial charge < -0.3 is 14.6 Å². The molecule has 0 aliphatic rings. The Bertz CT molecular complexity index is 258. The van der Waals surface area contributed by atoms with Gasteiger partial charge in [0.05, 0.1) is 7.11 Å². The number of hydrogen-bond donors (Lipinski definition) is 1. The maximum atomic E-state index is 9.30. The Morgan fingerprint density at radius 2 is 2.08 bits per heavy atom. The fourth-order valence-corrected chi connectivity index (χ4v) is 0.871. The van der Waals surface area contributed by atoms with Gasteiger partial charge in [-0.15, -0.1) is 0 Å². The molecule has 12 heavy (non-hydrogen) atoms. The molecule has 3 heteroatoms. The molecule has 0 aromatic heterocycles. The number of aromatic hydroxyl groups is 1. The van der Waals surface area contributed by atoms with Crippen molar-refractivity contribution < 1.29 is 14.6 Å². The monoisotopic (exact) mass is 166 g/mol. The van der Waals surface area contributed by atoms with Crippen molar-refractivity contribution in [1.82, 2.24) is 0 Å². The van der Waals surface area contributed by atoms with Crippen molar-refractivity contribution in [1.29, 1.82) is 0 Å². The van der Waals surface area contributed by atoms with Crippen LogP contribution in [0.15, 0.2) is 18.2 Å². The quantitative estimate of drug-likeness (QED) is 0.738. The number of ether oxygens (including phenoxy) is 2. The lowest BCUT2D eigenvalue weighted by atomic mass is 10.2. The average molecular weight is 166 g/mol. The van der Waals surface area contributed by atoms with E-state index < -0.39 is 0 Å². The van der Waals surface area contributed by atoms with Crippen molar-refractivity contribution in [3.8, 4) is 11.5 Å². The van der Waals surface area contributed by atoms with E-state index in [1.807, 2.05) is 0 Å². The molecule has 2 radical (unpaired) electrons. The molecule has 0 saturated carbocycles. The van der Waals surface area contributed by atoms with Crippen LogP contribution in [0.5, 0.6) is 11.5 Å². The van der Waals surface area contributed by atoms with E-state index in [0.717, 1.165) is 0 Å². The summed E-state index contributed by atoms with van der Waals surface area (Å²) in [6.45, 7) is 2.58. The Morgan fingerprint density at radius 1 is 1.33 bits per heavy atom. The van der Waals surface area contributed by atoms with Crippen LogP contribution in [0.2, 0.25) is 0 Å². The van der Waals surface area contributed by atoms with Crippen LogP contribution in [-0.2, 0) is 4.74 Å². The smallest absolute Gasteiger partial charge is 0.165 e. The number of rotatable bonds is 3. The van der Waals surface area contributed by atoms with E-state index in [0.29, 0.717) is 11.3 Å². The van der Waals surface area contributed by atoms with E-state index >= 15 is 0 Å². The van der Waals surface area contributed by atoms with Crippen LogP contribution in [0.3, 0.4) is 0 Å². The third kappa shape index (κ3) is 1.89. The van der Waals surface area contributed by atoms with E-state index in [4.69, 9.17) is 4.74 Å². The predicted octanol–water partition coefficient (Wildman–Crippen LogP) is 1.43. The zero-order valence-corrected chi connectivity index (χ0v) is 7.00. The standard InChI is InChI=1S/C9H10O3/c1-11-6-7-3-4-9(12-2)8(10)5-7/h3-5,10H,1-2H3. The number of benzene rings is 1. The van der Waals surface area contributed by atoms with Gasteiger partial charge in [0, 0.05) is 7.11 Å². The summed E-state index contributed by atoms with van der Waals surface area (Å²) in [4.78, 5) is 0. The first kappa shape index (κ1) is 8.87. The molecule has 1 rings (SSSR count). The van der Waals surface area contributed by atoms with Gasteiger partial charge in [-0.2, -0.15) is 0 Å². The zero-order chi connectivity index (χ0) is 8.97. The molecular formula is C9H10O3. The van der Waals surface area contributed by atoms with Gasteiger partial charge in [0.15, 0.2) is 18.1 Å². The van der Waals surface area contributed by atoms with Crippen molar-refractivity contribution in [2.45, 2.75) is 0 Å². The molecule has 1 aromatic rings. The minimum atomic E-state index is 0.0829.